The number of rotatable bonds is 3. The number of benzene rings is 2. The summed E-state index contributed by atoms with van der Waals surface area (Å²) in [5, 5.41) is 10.4. The van der Waals surface area contributed by atoms with E-state index < -0.39 is 5.91 Å². The van der Waals surface area contributed by atoms with E-state index in [1.54, 1.807) is 41.3 Å². The molecule has 3 aromatic rings. The van der Waals surface area contributed by atoms with Gasteiger partial charge in [0.05, 0.1) is 23.4 Å². The Morgan fingerprint density at radius 2 is 1.77 bits per heavy atom. The van der Waals surface area contributed by atoms with E-state index in [4.69, 9.17) is 16.3 Å². The molecule has 6 nitrogen and oxygen atoms in total. The van der Waals surface area contributed by atoms with Crippen LogP contribution >= 0.6 is 22.9 Å². The summed E-state index contributed by atoms with van der Waals surface area (Å²) < 4.78 is 7.41. The van der Waals surface area contributed by atoms with Crippen LogP contribution in [0.25, 0.3) is 17.3 Å². The Hall–Kier alpha value is -3.18. The number of carbonyl (C=O) groups is 1. The maximum Gasteiger partial charge on any atom is 0.273 e. The fraction of sp³-hybridized carbons (Fsp3) is 0.174. The number of amides is 1. The number of morpholine rings is 1. The maximum absolute atomic E-state index is 13.4. The van der Waals surface area contributed by atoms with Gasteiger partial charge in [0.25, 0.3) is 11.5 Å². The molecule has 2 heterocycles. The highest BCUT2D eigenvalue weighted by Gasteiger charge is 2.23. The molecule has 0 aliphatic carbocycles. The lowest BCUT2D eigenvalue weighted by Crippen LogP contribution is -2.42. The number of hydrogen-bond donors (Lipinski definition) is 0. The normalized spacial score (nSPS) is 15.5. The van der Waals surface area contributed by atoms with E-state index in [0.717, 1.165) is 11.3 Å². The minimum atomic E-state index is -0.402. The number of nitrogens with zero attached hydrogens (tertiary/aromatic N) is 3. The van der Waals surface area contributed by atoms with Crippen LogP contribution in [0.1, 0.15) is 5.56 Å². The van der Waals surface area contributed by atoms with Crippen molar-refractivity contribution >= 4 is 40.5 Å². The lowest BCUT2D eigenvalue weighted by Gasteiger charge is -2.26. The average molecular weight is 452 g/mol. The number of carbonyl (C=O) groups excluding carboxylic acids is 1. The summed E-state index contributed by atoms with van der Waals surface area (Å²) in [5.74, 6) is -0.402. The summed E-state index contributed by atoms with van der Waals surface area (Å²) in [6.07, 6.45) is 1.69. The molecule has 2 aromatic carbocycles. The second-order valence-corrected chi connectivity index (χ2v) is 8.24. The standard InChI is InChI=1S/C23H18ClN3O3S/c24-19-9-5-4-6-16(19)14-20-22(29)27(17-7-2-1-3-8-17)23(31-20)18(15-25)21(28)26-10-12-30-13-11-26/h1-9,14H,10-13H2/b20-14+,23-18+. The minimum absolute atomic E-state index is 0.0633. The molecule has 1 aromatic heterocycles. The Balaban J connectivity index is 2.00. The van der Waals surface area contributed by atoms with Gasteiger partial charge in [-0.2, -0.15) is 5.26 Å². The Kier molecular flexibility index (Phi) is 6.33. The van der Waals surface area contributed by atoms with Gasteiger partial charge < -0.3 is 9.64 Å². The quantitative estimate of drug-likeness (QED) is 0.609. The van der Waals surface area contributed by atoms with Crippen LogP contribution in [-0.2, 0) is 9.53 Å². The predicted molar refractivity (Wildman–Crippen MR) is 121 cm³/mol. The van der Waals surface area contributed by atoms with Crippen LogP contribution in [0, 0.1) is 11.3 Å². The lowest BCUT2D eigenvalue weighted by molar-refractivity contribution is -0.128. The number of para-hydroxylation sites is 1. The number of thiazole rings is 1. The summed E-state index contributed by atoms with van der Waals surface area (Å²) in [7, 11) is 0. The van der Waals surface area contributed by atoms with Crippen LogP contribution in [0.3, 0.4) is 0 Å². The number of ether oxygens (including phenoxy) is 1. The second kappa shape index (κ2) is 9.31. The first-order valence-corrected chi connectivity index (χ1v) is 10.8. The molecule has 0 bridgehead atoms. The van der Waals surface area contributed by atoms with E-state index in [2.05, 4.69) is 0 Å². The van der Waals surface area contributed by atoms with Crippen molar-refractivity contribution in [2.45, 2.75) is 0 Å². The van der Waals surface area contributed by atoms with Gasteiger partial charge in [0.1, 0.15) is 10.7 Å². The molecular formula is C23H18ClN3O3S. The molecule has 8 heteroatoms. The number of halogens is 1. The molecule has 0 unspecified atom stereocenters. The van der Waals surface area contributed by atoms with Gasteiger partial charge in [-0.05, 0) is 29.8 Å². The van der Waals surface area contributed by atoms with Gasteiger partial charge in [-0.15, -0.1) is 11.3 Å². The number of hydrogen-bond acceptors (Lipinski definition) is 5. The Morgan fingerprint density at radius 3 is 2.45 bits per heavy atom. The molecule has 1 amide bonds. The van der Waals surface area contributed by atoms with Crippen LogP contribution in [0.5, 0.6) is 0 Å². The monoisotopic (exact) mass is 451 g/mol. The fourth-order valence-electron chi connectivity index (χ4n) is 3.31. The van der Waals surface area contributed by atoms with E-state index in [0.29, 0.717) is 51.8 Å². The molecule has 1 fully saturated rings. The number of nitriles is 1. The topological polar surface area (TPSA) is 75.3 Å². The Morgan fingerprint density at radius 1 is 1.10 bits per heavy atom. The Bertz CT molecular complexity index is 1330. The Labute approximate surface area is 187 Å². The lowest BCUT2D eigenvalue weighted by atomic mass is 10.2. The molecule has 1 aliphatic heterocycles. The third-order valence-electron chi connectivity index (χ3n) is 4.87. The fourth-order valence-corrected chi connectivity index (χ4v) is 4.58. The van der Waals surface area contributed by atoms with Crippen LogP contribution in [-0.4, -0.2) is 41.7 Å². The van der Waals surface area contributed by atoms with Crippen molar-refractivity contribution in [3.8, 4) is 11.8 Å². The summed E-state index contributed by atoms with van der Waals surface area (Å²) >= 11 is 7.37. The smallest absolute Gasteiger partial charge is 0.273 e. The largest absolute Gasteiger partial charge is 0.378 e. The SMILES string of the molecule is N#C/C(C(=O)N1CCOCC1)=c1\s/c(=C/c2ccccc2Cl)c(=O)n1-c1ccccc1. The molecule has 31 heavy (non-hydrogen) atoms. The summed E-state index contributed by atoms with van der Waals surface area (Å²) in [6, 6.07) is 18.2. The van der Waals surface area contributed by atoms with Gasteiger partial charge in [0, 0.05) is 18.1 Å². The van der Waals surface area contributed by atoms with Gasteiger partial charge in [-0.3, -0.25) is 14.2 Å². The molecule has 156 valence electrons. The minimum Gasteiger partial charge on any atom is -0.378 e. The average Bonchev–Trinajstić information content (AvgIpc) is 3.12. The third-order valence-corrected chi connectivity index (χ3v) is 6.30. The van der Waals surface area contributed by atoms with Gasteiger partial charge in [0.2, 0.25) is 0 Å². The van der Waals surface area contributed by atoms with E-state index in [-0.39, 0.29) is 11.1 Å². The summed E-state index contributed by atoms with van der Waals surface area (Å²) in [6.45, 7) is 1.66. The van der Waals surface area contributed by atoms with Gasteiger partial charge in [0.15, 0.2) is 5.57 Å². The van der Waals surface area contributed by atoms with Crippen LogP contribution in [0.2, 0.25) is 5.02 Å². The van der Waals surface area contributed by atoms with Gasteiger partial charge in [-0.25, -0.2) is 0 Å². The van der Waals surface area contributed by atoms with Crippen molar-refractivity contribution < 1.29 is 9.53 Å². The van der Waals surface area contributed by atoms with Crippen molar-refractivity contribution in [3.05, 3.63) is 84.7 Å². The number of aromatic nitrogens is 1. The highest BCUT2D eigenvalue weighted by Crippen LogP contribution is 2.15. The van der Waals surface area contributed by atoms with Crippen LogP contribution in [0.15, 0.2) is 59.4 Å². The molecule has 0 N–H and O–H groups in total. The van der Waals surface area contributed by atoms with Gasteiger partial charge in [-0.1, -0.05) is 48.0 Å². The van der Waals surface area contributed by atoms with Crippen LogP contribution < -0.4 is 14.8 Å². The van der Waals surface area contributed by atoms with Crippen molar-refractivity contribution in [3.63, 3.8) is 0 Å². The molecule has 1 aliphatic rings. The van der Waals surface area contributed by atoms with Crippen molar-refractivity contribution in [2.75, 3.05) is 26.3 Å². The van der Waals surface area contributed by atoms with Crippen LogP contribution in [0.4, 0.5) is 0 Å². The first-order chi connectivity index (χ1) is 15.1. The molecule has 0 saturated carbocycles. The zero-order valence-corrected chi connectivity index (χ0v) is 18.0. The third kappa shape index (κ3) is 4.32. The molecule has 4 rings (SSSR count). The zero-order chi connectivity index (χ0) is 21.8. The summed E-state index contributed by atoms with van der Waals surface area (Å²) in [5.41, 5.74) is 0.896. The predicted octanol–water partition coefficient (Wildman–Crippen LogP) is 1.91. The van der Waals surface area contributed by atoms with Crippen molar-refractivity contribution in [2.24, 2.45) is 0 Å². The molecule has 0 radical (unpaired) electrons. The van der Waals surface area contributed by atoms with Gasteiger partial charge >= 0.3 is 0 Å². The van der Waals surface area contributed by atoms with E-state index in [1.165, 1.54) is 4.57 Å². The maximum atomic E-state index is 13.4. The molecule has 0 spiro atoms. The van der Waals surface area contributed by atoms with Crippen molar-refractivity contribution in [1.29, 1.82) is 5.26 Å². The molecule has 0 atom stereocenters. The molecular weight excluding hydrogens is 434 g/mol. The van der Waals surface area contributed by atoms with E-state index in [1.807, 2.05) is 30.3 Å². The first kappa shape index (κ1) is 21.1. The van der Waals surface area contributed by atoms with E-state index in [9.17, 15) is 14.9 Å². The zero-order valence-electron chi connectivity index (χ0n) is 16.5. The molecule has 1 saturated heterocycles. The summed E-state index contributed by atoms with van der Waals surface area (Å²) in [4.78, 5) is 28.1. The van der Waals surface area contributed by atoms with Crippen molar-refractivity contribution in [1.82, 2.24) is 9.47 Å². The first-order valence-electron chi connectivity index (χ1n) is 9.65. The highest BCUT2D eigenvalue weighted by molar-refractivity contribution is 7.07. The van der Waals surface area contributed by atoms with E-state index >= 15 is 0 Å². The second-order valence-electron chi connectivity index (χ2n) is 6.80. The highest BCUT2D eigenvalue weighted by atomic mass is 35.5.